The van der Waals surface area contributed by atoms with Crippen molar-refractivity contribution >= 4 is 11.6 Å². The molecule has 5 nitrogen and oxygen atoms in total. The number of hydrogen-bond donors (Lipinski definition) is 1. The molecule has 116 valence electrons. The minimum absolute atomic E-state index is 0.0250. The Morgan fingerprint density at radius 3 is 2.76 bits per heavy atom. The Morgan fingerprint density at radius 1 is 1.33 bits per heavy atom. The lowest BCUT2D eigenvalue weighted by Crippen LogP contribution is -2.41. The van der Waals surface area contributed by atoms with Gasteiger partial charge in [-0.1, -0.05) is 26.8 Å². The van der Waals surface area contributed by atoms with Crippen molar-refractivity contribution in [1.29, 1.82) is 0 Å². The van der Waals surface area contributed by atoms with Gasteiger partial charge >= 0.3 is 0 Å². The summed E-state index contributed by atoms with van der Waals surface area (Å²) in [6.07, 6.45) is 0. The Morgan fingerprint density at radius 2 is 2.10 bits per heavy atom. The molecule has 0 aromatic heterocycles. The number of anilines is 1. The smallest absolute Gasteiger partial charge is 0.265 e. The van der Waals surface area contributed by atoms with Crippen molar-refractivity contribution in [2.75, 3.05) is 37.8 Å². The van der Waals surface area contributed by atoms with Gasteiger partial charge in [0.05, 0.1) is 18.9 Å². The maximum atomic E-state index is 12.1. The van der Waals surface area contributed by atoms with Gasteiger partial charge in [0.25, 0.3) is 5.91 Å². The summed E-state index contributed by atoms with van der Waals surface area (Å²) in [5.74, 6) is 0.714. The zero-order valence-corrected chi connectivity index (χ0v) is 13.0. The quantitative estimate of drug-likeness (QED) is 0.839. The van der Waals surface area contributed by atoms with E-state index in [1.165, 1.54) is 5.56 Å². The van der Waals surface area contributed by atoms with E-state index in [0.717, 1.165) is 11.4 Å². The van der Waals surface area contributed by atoms with Gasteiger partial charge < -0.3 is 20.1 Å². The summed E-state index contributed by atoms with van der Waals surface area (Å²) >= 11 is 0. The highest BCUT2D eigenvalue weighted by Gasteiger charge is 2.27. The Bertz CT molecular complexity index is 509. The van der Waals surface area contributed by atoms with E-state index in [2.05, 4.69) is 26.8 Å². The predicted octanol–water partition coefficient (Wildman–Crippen LogP) is 1.68. The van der Waals surface area contributed by atoms with Crippen molar-refractivity contribution in [3.8, 4) is 5.75 Å². The van der Waals surface area contributed by atoms with Gasteiger partial charge in [0.1, 0.15) is 5.75 Å². The maximum absolute atomic E-state index is 12.1. The molecule has 0 saturated heterocycles. The minimum Gasteiger partial charge on any atom is -0.482 e. The van der Waals surface area contributed by atoms with Crippen molar-refractivity contribution in [2.24, 2.45) is 5.73 Å². The Hall–Kier alpha value is -1.59. The molecule has 0 unspecified atom stereocenters. The Labute approximate surface area is 126 Å². The van der Waals surface area contributed by atoms with Gasteiger partial charge in [0, 0.05) is 13.1 Å². The lowest BCUT2D eigenvalue weighted by molar-refractivity contribution is -0.121. The Kier molecular flexibility index (Phi) is 4.85. The first-order valence-electron chi connectivity index (χ1n) is 7.29. The van der Waals surface area contributed by atoms with Crippen LogP contribution in [-0.2, 0) is 14.9 Å². The molecule has 0 aliphatic carbocycles. The second-order valence-electron chi connectivity index (χ2n) is 6.17. The molecule has 1 amide bonds. The summed E-state index contributed by atoms with van der Waals surface area (Å²) in [6, 6.07) is 6.03. The number of carbonyl (C=O) groups is 1. The van der Waals surface area contributed by atoms with E-state index in [1.807, 2.05) is 12.1 Å². The van der Waals surface area contributed by atoms with Gasteiger partial charge in [0.15, 0.2) is 6.61 Å². The molecule has 1 aliphatic rings. The SMILES string of the molecule is CC(C)(C)c1ccc2c(c1)N(CCOCCN)C(=O)CO2. The molecule has 1 heterocycles. The second-order valence-corrected chi connectivity index (χ2v) is 6.17. The van der Waals surface area contributed by atoms with Crippen LogP contribution in [0.4, 0.5) is 5.69 Å². The molecule has 0 radical (unpaired) electrons. The molecule has 0 fully saturated rings. The molecule has 0 spiro atoms. The van der Waals surface area contributed by atoms with Gasteiger partial charge in [0.2, 0.25) is 0 Å². The Balaban J connectivity index is 2.21. The average molecular weight is 292 g/mol. The van der Waals surface area contributed by atoms with Crippen molar-refractivity contribution in [3.05, 3.63) is 23.8 Å². The first kappa shape index (κ1) is 15.8. The van der Waals surface area contributed by atoms with Gasteiger partial charge in [-0.2, -0.15) is 0 Å². The molecule has 0 atom stereocenters. The van der Waals surface area contributed by atoms with E-state index in [0.29, 0.717) is 26.3 Å². The van der Waals surface area contributed by atoms with E-state index in [4.69, 9.17) is 15.2 Å². The van der Waals surface area contributed by atoms with Crippen LogP contribution in [0.3, 0.4) is 0 Å². The topological polar surface area (TPSA) is 64.8 Å². The number of benzene rings is 1. The third-order valence-corrected chi connectivity index (χ3v) is 3.49. The first-order chi connectivity index (χ1) is 9.93. The molecule has 5 heteroatoms. The number of carbonyl (C=O) groups excluding carboxylic acids is 1. The highest BCUT2D eigenvalue weighted by molar-refractivity contribution is 5.97. The van der Waals surface area contributed by atoms with Crippen LogP contribution in [0.5, 0.6) is 5.75 Å². The van der Waals surface area contributed by atoms with Crippen LogP contribution >= 0.6 is 0 Å². The first-order valence-corrected chi connectivity index (χ1v) is 7.29. The minimum atomic E-state index is -0.0371. The van der Waals surface area contributed by atoms with Gasteiger partial charge in [-0.05, 0) is 23.1 Å². The largest absolute Gasteiger partial charge is 0.482 e. The number of hydrogen-bond acceptors (Lipinski definition) is 4. The highest BCUT2D eigenvalue weighted by atomic mass is 16.5. The third kappa shape index (κ3) is 3.74. The molecule has 2 N–H and O–H groups in total. The lowest BCUT2D eigenvalue weighted by Gasteiger charge is -2.31. The molecular formula is C16H24N2O3. The lowest BCUT2D eigenvalue weighted by atomic mass is 9.86. The molecule has 0 bridgehead atoms. The molecule has 0 saturated carbocycles. The normalized spacial score (nSPS) is 14.9. The summed E-state index contributed by atoms with van der Waals surface area (Å²) in [4.78, 5) is 13.8. The predicted molar refractivity (Wildman–Crippen MR) is 82.9 cm³/mol. The zero-order chi connectivity index (χ0) is 15.5. The van der Waals surface area contributed by atoms with E-state index in [-0.39, 0.29) is 17.9 Å². The number of rotatable bonds is 5. The summed E-state index contributed by atoms with van der Waals surface area (Å²) in [7, 11) is 0. The van der Waals surface area contributed by atoms with Crippen LogP contribution in [0.1, 0.15) is 26.3 Å². The standard InChI is InChI=1S/C16H24N2O3/c1-16(2,3)12-4-5-14-13(10-12)18(15(19)11-21-14)7-9-20-8-6-17/h4-5,10H,6-9,11,17H2,1-3H3. The van der Waals surface area contributed by atoms with Crippen LogP contribution < -0.4 is 15.4 Å². The van der Waals surface area contributed by atoms with E-state index in [9.17, 15) is 4.79 Å². The van der Waals surface area contributed by atoms with Gasteiger partial charge in [-0.3, -0.25) is 4.79 Å². The van der Waals surface area contributed by atoms with Crippen LogP contribution in [0, 0.1) is 0 Å². The second kappa shape index (κ2) is 6.45. The molecular weight excluding hydrogens is 268 g/mol. The van der Waals surface area contributed by atoms with Crippen molar-refractivity contribution in [1.82, 2.24) is 0 Å². The van der Waals surface area contributed by atoms with E-state index in [1.54, 1.807) is 4.90 Å². The van der Waals surface area contributed by atoms with Crippen LogP contribution in [0.25, 0.3) is 0 Å². The molecule has 21 heavy (non-hydrogen) atoms. The average Bonchev–Trinajstić information content (AvgIpc) is 2.44. The number of nitrogens with zero attached hydrogens (tertiary/aromatic N) is 1. The fourth-order valence-corrected chi connectivity index (χ4v) is 2.26. The van der Waals surface area contributed by atoms with Crippen molar-refractivity contribution in [2.45, 2.75) is 26.2 Å². The number of amides is 1. The maximum Gasteiger partial charge on any atom is 0.265 e. The fraction of sp³-hybridized carbons (Fsp3) is 0.562. The third-order valence-electron chi connectivity index (χ3n) is 3.49. The highest BCUT2D eigenvalue weighted by Crippen LogP contribution is 2.36. The van der Waals surface area contributed by atoms with Crippen LogP contribution in [0.2, 0.25) is 0 Å². The van der Waals surface area contributed by atoms with Crippen molar-refractivity contribution in [3.63, 3.8) is 0 Å². The molecule has 2 rings (SSSR count). The summed E-state index contributed by atoms with van der Waals surface area (Å²) in [5.41, 5.74) is 7.42. The summed E-state index contributed by atoms with van der Waals surface area (Å²) in [5, 5.41) is 0. The monoisotopic (exact) mass is 292 g/mol. The van der Waals surface area contributed by atoms with Crippen LogP contribution in [0.15, 0.2) is 18.2 Å². The zero-order valence-electron chi connectivity index (χ0n) is 13.0. The van der Waals surface area contributed by atoms with Gasteiger partial charge in [-0.15, -0.1) is 0 Å². The van der Waals surface area contributed by atoms with E-state index < -0.39 is 0 Å². The van der Waals surface area contributed by atoms with Crippen molar-refractivity contribution < 1.29 is 14.3 Å². The number of fused-ring (bicyclic) bond motifs is 1. The van der Waals surface area contributed by atoms with Crippen LogP contribution in [-0.4, -0.2) is 38.8 Å². The number of ether oxygens (including phenoxy) is 2. The molecule has 1 aromatic carbocycles. The number of nitrogens with two attached hydrogens (primary N) is 1. The summed E-state index contributed by atoms with van der Waals surface area (Å²) < 4.78 is 10.9. The van der Waals surface area contributed by atoms with Gasteiger partial charge in [-0.25, -0.2) is 0 Å². The molecule has 1 aromatic rings. The summed E-state index contributed by atoms with van der Waals surface area (Å²) in [6.45, 7) is 8.51. The van der Waals surface area contributed by atoms with E-state index >= 15 is 0 Å². The fourth-order valence-electron chi connectivity index (χ4n) is 2.26. The molecule has 1 aliphatic heterocycles.